The molecule has 0 saturated carbocycles. The highest BCUT2D eigenvalue weighted by molar-refractivity contribution is 7.92. The molecule has 0 aromatic heterocycles. The van der Waals surface area contributed by atoms with Crippen molar-refractivity contribution in [2.45, 2.75) is 39.7 Å². The van der Waals surface area contributed by atoms with E-state index in [4.69, 9.17) is 0 Å². The normalized spacial score (nSPS) is 17.8. The quantitative estimate of drug-likeness (QED) is 0.729. The Kier molecular flexibility index (Phi) is 6.94. The van der Waals surface area contributed by atoms with Crippen LogP contribution in [0.25, 0.3) is 0 Å². The summed E-state index contributed by atoms with van der Waals surface area (Å²) in [4.78, 5) is 15.4. The number of nitrogens with zero attached hydrogens (tertiary/aromatic N) is 2. The fourth-order valence-electron chi connectivity index (χ4n) is 4.14. The van der Waals surface area contributed by atoms with Crippen LogP contribution in [0.3, 0.4) is 0 Å². The number of anilines is 2. The zero-order chi connectivity index (χ0) is 22.8. The Morgan fingerprint density at radius 1 is 1.19 bits per heavy atom. The lowest BCUT2D eigenvalue weighted by atomic mass is 9.99. The highest BCUT2D eigenvalue weighted by atomic mass is 32.2. The third-order valence-electron chi connectivity index (χ3n) is 6.15. The van der Waals surface area contributed by atoms with Gasteiger partial charge in [0, 0.05) is 31.4 Å². The molecule has 2 aromatic carbocycles. The standard InChI is InChI=1S/C24H33N3O3S/c1-17-8-7-15-27(16-17)21-13-11-20(12-14-21)19(3)25-24(28)22-9-6-10-23(18(22)2)26(4)31(5,29)30/h6,9-14,17,19H,7-8,15-16H2,1-5H3,(H,25,28)/t17-,19-/m1/s1. The lowest BCUT2D eigenvalue weighted by Crippen LogP contribution is -2.34. The molecule has 7 heteroatoms. The van der Waals surface area contributed by atoms with Gasteiger partial charge in [-0.15, -0.1) is 0 Å². The number of amides is 1. The molecule has 1 amide bonds. The monoisotopic (exact) mass is 443 g/mol. The SMILES string of the molecule is Cc1c(C(=O)N[C@H](C)c2ccc(N3CCC[C@@H](C)C3)cc2)cccc1N(C)S(C)(=O)=O. The first-order valence-electron chi connectivity index (χ1n) is 10.8. The molecule has 1 fully saturated rings. The van der Waals surface area contributed by atoms with E-state index in [-0.39, 0.29) is 11.9 Å². The number of carbonyl (C=O) groups excluding carboxylic acids is 1. The van der Waals surface area contributed by atoms with Crippen molar-refractivity contribution in [2.24, 2.45) is 5.92 Å². The van der Waals surface area contributed by atoms with Crippen molar-refractivity contribution in [2.75, 3.05) is 35.6 Å². The molecule has 3 rings (SSSR count). The summed E-state index contributed by atoms with van der Waals surface area (Å²) < 4.78 is 25.0. The molecule has 31 heavy (non-hydrogen) atoms. The van der Waals surface area contributed by atoms with Crippen LogP contribution in [0.5, 0.6) is 0 Å². The van der Waals surface area contributed by atoms with Gasteiger partial charge in [-0.2, -0.15) is 0 Å². The van der Waals surface area contributed by atoms with E-state index in [1.807, 2.05) is 6.92 Å². The average molecular weight is 444 g/mol. The van der Waals surface area contributed by atoms with Crippen LogP contribution < -0.4 is 14.5 Å². The number of nitrogens with one attached hydrogen (secondary N) is 1. The number of piperidine rings is 1. The molecule has 0 spiro atoms. The minimum atomic E-state index is -3.41. The second-order valence-electron chi connectivity index (χ2n) is 8.66. The molecule has 0 unspecified atom stereocenters. The third kappa shape index (κ3) is 5.39. The van der Waals surface area contributed by atoms with Gasteiger partial charge in [-0.3, -0.25) is 9.10 Å². The summed E-state index contributed by atoms with van der Waals surface area (Å²) in [5.41, 5.74) is 3.86. The molecular weight excluding hydrogens is 410 g/mol. The van der Waals surface area contributed by atoms with Crippen LogP contribution >= 0.6 is 0 Å². The van der Waals surface area contributed by atoms with Gasteiger partial charge in [-0.1, -0.05) is 25.1 Å². The molecular formula is C24H33N3O3S. The van der Waals surface area contributed by atoms with Crippen LogP contribution in [0, 0.1) is 12.8 Å². The van der Waals surface area contributed by atoms with E-state index < -0.39 is 10.0 Å². The first kappa shape index (κ1) is 23.1. The smallest absolute Gasteiger partial charge is 0.252 e. The van der Waals surface area contributed by atoms with Gasteiger partial charge < -0.3 is 10.2 Å². The highest BCUT2D eigenvalue weighted by Crippen LogP contribution is 2.26. The van der Waals surface area contributed by atoms with E-state index in [1.54, 1.807) is 25.1 Å². The van der Waals surface area contributed by atoms with E-state index in [0.717, 1.165) is 24.9 Å². The minimum Gasteiger partial charge on any atom is -0.371 e. The predicted octanol–water partition coefficient (Wildman–Crippen LogP) is 4.12. The van der Waals surface area contributed by atoms with Crippen molar-refractivity contribution in [3.05, 3.63) is 59.2 Å². The van der Waals surface area contributed by atoms with Crippen molar-refractivity contribution in [3.63, 3.8) is 0 Å². The van der Waals surface area contributed by atoms with Crippen LogP contribution in [0.2, 0.25) is 0 Å². The molecule has 6 nitrogen and oxygen atoms in total. The summed E-state index contributed by atoms with van der Waals surface area (Å²) in [6.07, 6.45) is 3.66. The summed E-state index contributed by atoms with van der Waals surface area (Å²) in [6.45, 7) is 8.20. The Hall–Kier alpha value is -2.54. The first-order valence-corrected chi connectivity index (χ1v) is 12.6. The number of carbonyl (C=O) groups is 1. The number of rotatable bonds is 6. The molecule has 0 radical (unpaired) electrons. The van der Waals surface area contributed by atoms with E-state index in [2.05, 4.69) is 41.4 Å². The number of hydrogen-bond acceptors (Lipinski definition) is 4. The largest absolute Gasteiger partial charge is 0.371 e. The molecule has 1 aliphatic rings. The van der Waals surface area contributed by atoms with Crippen LogP contribution in [-0.4, -0.2) is 40.7 Å². The van der Waals surface area contributed by atoms with Gasteiger partial charge in [0.1, 0.15) is 0 Å². The number of hydrogen-bond donors (Lipinski definition) is 1. The molecule has 1 aliphatic heterocycles. The van der Waals surface area contributed by atoms with Crippen LogP contribution in [0.1, 0.15) is 54.2 Å². The molecule has 2 aromatic rings. The van der Waals surface area contributed by atoms with Crippen molar-refractivity contribution >= 4 is 27.3 Å². The third-order valence-corrected chi connectivity index (χ3v) is 7.34. The summed E-state index contributed by atoms with van der Waals surface area (Å²) in [5, 5.41) is 3.04. The van der Waals surface area contributed by atoms with Gasteiger partial charge in [0.15, 0.2) is 0 Å². The Bertz CT molecular complexity index is 1030. The van der Waals surface area contributed by atoms with Gasteiger partial charge in [0.2, 0.25) is 10.0 Å². The minimum absolute atomic E-state index is 0.169. The lowest BCUT2D eigenvalue weighted by Gasteiger charge is -2.33. The van der Waals surface area contributed by atoms with Crippen molar-refractivity contribution in [1.29, 1.82) is 0 Å². The summed E-state index contributed by atoms with van der Waals surface area (Å²) in [5.74, 6) is 0.495. The average Bonchev–Trinajstić information content (AvgIpc) is 2.72. The maximum Gasteiger partial charge on any atom is 0.252 e. The number of sulfonamides is 1. The van der Waals surface area contributed by atoms with Crippen LogP contribution in [0.15, 0.2) is 42.5 Å². The van der Waals surface area contributed by atoms with E-state index in [0.29, 0.717) is 22.7 Å². The predicted molar refractivity (Wildman–Crippen MR) is 127 cm³/mol. The fraction of sp³-hybridized carbons (Fsp3) is 0.458. The zero-order valence-electron chi connectivity index (χ0n) is 19.1. The molecule has 168 valence electrons. The van der Waals surface area contributed by atoms with E-state index >= 15 is 0 Å². The first-order chi connectivity index (χ1) is 14.6. The molecule has 0 aliphatic carbocycles. The maximum atomic E-state index is 12.9. The van der Waals surface area contributed by atoms with Gasteiger partial charge in [0.05, 0.1) is 18.0 Å². The molecule has 0 bridgehead atoms. The molecule has 1 heterocycles. The lowest BCUT2D eigenvalue weighted by molar-refractivity contribution is 0.0939. The van der Waals surface area contributed by atoms with E-state index in [9.17, 15) is 13.2 Å². The van der Waals surface area contributed by atoms with Gasteiger partial charge in [-0.25, -0.2) is 8.42 Å². The topological polar surface area (TPSA) is 69.7 Å². The molecule has 2 atom stereocenters. The Morgan fingerprint density at radius 3 is 2.48 bits per heavy atom. The van der Waals surface area contributed by atoms with Crippen molar-refractivity contribution in [3.8, 4) is 0 Å². The van der Waals surface area contributed by atoms with Crippen LogP contribution in [-0.2, 0) is 10.0 Å². The fourth-order valence-corrected chi connectivity index (χ4v) is 4.70. The second kappa shape index (κ2) is 9.30. The summed E-state index contributed by atoms with van der Waals surface area (Å²) >= 11 is 0. The Labute approximate surface area is 186 Å². The highest BCUT2D eigenvalue weighted by Gasteiger charge is 2.20. The van der Waals surface area contributed by atoms with E-state index in [1.165, 1.54) is 29.9 Å². The maximum absolute atomic E-state index is 12.9. The second-order valence-corrected chi connectivity index (χ2v) is 10.7. The Balaban J connectivity index is 1.72. The number of benzene rings is 2. The van der Waals surface area contributed by atoms with Crippen molar-refractivity contribution < 1.29 is 13.2 Å². The van der Waals surface area contributed by atoms with Crippen molar-refractivity contribution in [1.82, 2.24) is 5.32 Å². The molecule has 1 N–H and O–H groups in total. The summed E-state index contributed by atoms with van der Waals surface area (Å²) in [7, 11) is -1.91. The van der Waals surface area contributed by atoms with Gasteiger partial charge in [0.25, 0.3) is 5.91 Å². The molecule has 1 saturated heterocycles. The summed E-state index contributed by atoms with van der Waals surface area (Å²) in [6, 6.07) is 13.4. The Morgan fingerprint density at radius 2 is 1.87 bits per heavy atom. The van der Waals surface area contributed by atoms with Gasteiger partial charge >= 0.3 is 0 Å². The zero-order valence-corrected chi connectivity index (χ0v) is 19.9. The van der Waals surface area contributed by atoms with Crippen LogP contribution in [0.4, 0.5) is 11.4 Å². The van der Waals surface area contributed by atoms with Gasteiger partial charge in [-0.05, 0) is 68.0 Å².